The van der Waals surface area contributed by atoms with Gasteiger partial charge in [-0.2, -0.15) is 0 Å². The van der Waals surface area contributed by atoms with E-state index in [4.69, 9.17) is 0 Å². The fourth-order valence-corrected chi connectivity index (χ4v) is 3.27. The molecule has 1 aromatic rings. The number of rotatable bonds is 3. The number of hydrogen-bond acceptors (Lipinski definition) is 4. The van der Waals surface area contributed by atoms with E-state index in [1.807, 2.05) is 24.3 Å². The van der Waals surface area contributed by atoms with Crippen molar-refractivity contribution in [3.63, 3.8) is 0 Å². The van der Waals surface area contributed by atoms with Crippen molar-refractivity contribution < 1.29 is 9.90 Å². The zero-order valence-electron chi connectivity index (χ0n) is 12.9. The molecule has 0 aromatic heterocycles. The molecule has 3 rings (SSSR count). The summed E-state index contributed by atoms with van der Waals surface area (Å²) in [4.78, 5) is 14.7. The van der Waals surface area contributed by atoms with Crippen LogP contribution in [0.15, 0.2) is 24.3 Å². The number of amides is 1. The van der Waals surface area contributed by atoms with Crippen LogP contribution in [0.2, 0.25) is 0 Å². The highest BCUT2D eigenvalue weighted by Gasteiger charge is 2.23. The fourth-order valence-electron chi connectivity index (χ4n) is 3.27. The molecule has 1 amide bonds. The maximum atomic E-state index is 12.4. The van der Waals surface area contributed by atoms with Gasteiger partial charge in [-0.1, -0.05) is 12.1 Å². The normalized spacial score (nSPS) is 23.3. The second kappa shape index (κ2) is 7.11. The molecule has 22 heavy (non-hydrogen) atoms. The number of nitrogens with one attached hydrogen (secondary N) is 2. The Bertz CT molecular complexity index is 506. The number of para-hydroxylation sites is 2. The van der Waals surface area contributed by atoms with E-state index >= 15 is 0 Å². The van der Waals surface area contributed by atoms with Crippen LogP contribution in [0.1, 0.15) is 25.7 Å². The molecule has 5 nitrogen and oxygen atoms in total. The average molecular weight is 303 g/mol. The van der Waals surface area contributed by atoms with Gasteiger partial charge < -0.3 is 20.6 Å². The van der Waals surface area contributed by atoms with Crippen LogP contribution in [0.25, 0.3) is 0 Å². The first kappa shape index (κ1) is 15.3. The third-order valence-corrected chi connectivity index (χ3v) is 4.63. The van der Waals surface area contributed by atoms with Gasteiger partial charge in [0.1, 0.15) is 0 Å². The number of aliphatic hydroxyl groups excluding tert-OH is 1. The summed E-state index contributed by atoms with van der Waals surface area (Å²) < 4.78 is 0. The number of hydrogen-bond donors (Lipinski definition) is 3. The van der Waals surface area contributed by atoms with Crippen molar-refractivity contribution in [2.75, 3.05) is 36.4 Å². The Balaban J connectivity index is 1.69. The van der Waals surface area contributed by atoms with Gasteiger partial charge in [0, 0.05) is 19.6 Å². The van der Waals surface area contributed by atoms with E-state index < -0.39 is 0 Å². The molecule has 2 heterocycles. The monoisotopic (exact) mass is 303 g/mol. The summed E-state index contributed by atoms with van der Waals surface area (Å²) in [5, 5.41) is 16.0. The average Bonchev–Trinajstić information content (AvgIpc) is 2.57. The molecule has 0 aliphatic carbocycles. The molecule has 1 unspecified atom stereocenters. The Kier molecular flexibility index (Phi) is 4.95. The van der Waals surface area contributed by atoms with Crippen molar-refractivity contribution in [1.82, 2.24) is 5.32 Å². The summed E-state index contributed by atoms with van der Waals surface area (Å²) in [6.45, 7) is 3.44. The number of carbonyl (C=O) groups is 1. The molecule has 2 aliphatic rings. The fraction of sp³-hybridized carbons (Fsp3) is 0.588. The molecular formula is C17H25N3O2. The largest absolute Gasteiger partial charge is 0.393 e. The summed E-state index contributed by atoms with van der Waals surface area (Å²) in [6.07, 6.45) is 3.40. The van der Waals surface area contributed by atoms with Crippen LogP contribution in [0.4, 0.5) is 11.4 Å². The minimum atomic E-state index is -0.189. The topological polar surface area (TPSA) is 64.6 Å². The van der Waals surface area contributed by atoms with Crippen LogP contribution >= 0.6 is 0 Å². The Morgan fingerprint density at radius 1 is 1.23 bits per heavy atom. The predicted octanol–water partition coefficient (Wildman–Crippen LogP) is 1.59. The molecular weight excluding hydrogens is 278 g/mol. The second-order valence-corrected chi connectivity index (χ2v) is 6.27. The molecule has 0 radical (unpaired) electrons. The van der Waals surface area contributed by atoms with Gasteiger partial charge in [0.15, 0.2) is 0 Å². The zero-order valence-corrected chi connectivity index (χ0v) is 12.9. The quantitative estimate of drug-likeness (QED) is 0.793. The van der Waals surface area contributed by atoms with E-state index in [0.29, 0.717) is 0 Å². The predicted molar refractivity (Wildman–Crippen MR) is 88.1 cm³/mol. The third kappa shape index (κ3) is 3.59. The van der Waals surface area contributed by atoms with Crippen LogP contribution in [0, 0.1) is 5.92 Å². The second-order valence-electron chi connectivity index (χ2n) is 6.27. The molecule has 2 fully saturated rings. The van der Waals surface area contributed by atoms with E-state index in [0.717, 1.165) is 63.2 Å². The Morgan fingerprint density at radius 3 is 2.73 bits per heavy atom. The highest BCUT2D eigenvalue weighted by atomic mass is 16.3. The van der Waals surface area contributed by atoms with Crippen LogP contribution in [0.3, 0.4) is 0 Å². The molecule has 1 aromatic carbocycles. The van der Waals surface area contributed by atoms with Crippen LogP contribution in [-0.4, -0.2) is 43.3 Å². The summed E-state index contributed by atoms with van der Waals surface area (Å²) in [5.74, 6) is 0.168. The number of carbonyl (C=O) groups excluding carboxylic acids is 1. The highest BCUT2D eigenvalue weighted by molar-refractivity contribution is 5.96. The van der Waals surface area contributed by atoms with E-state index in [-0.39, 0.29) is 17.9 Å². The minimum absolute atomic E-state index is 0.0602. The molecule has 3 N–H and O–H groups in total. The van der Waals surface area contributed by atoms with Crippen molar-refractivity contribution in [2.24, 2.45) is 5.92 Å². The maximum Gasteiger partial charge on any atom is 0.228 e. The molecule has 1 atom stereocenters. The first-order chi connectivity index (χ1) is 10.7. The highest BCUT2D eigenvalue weighted by Crippen LogP contribution is 2.29. The molecule has 0 spiro atoms. The zero-order chi connectivity index (χ0) is 15.4. The van der Waals surface area contributed by atoms with Crippen molar-refractivity contribution in [3.8, 4) is 0 Å². The van der Waals surface area contributed by atoms with Gasteiger partial charge in [-0.15, -0.1) is 0 Å². The molecule has 0 bridgehead atoms. The van der Waals surface area contributed by atoms with Gasteiger partial charge in [0.25, 0.3) is 0 Å². The van der Waals surface area contributed by atoms with Gasteiger partial charge in [-0.05, 0) is 44.4 Å². The SMILES string of the molecule is O=C(Nc1ccccc1N1CCC(O)CC1)C1CCCNC1. The third-order valence-electron chi connectivity index (χ3n) is 4.63. The van der Waals surface area contributed by atoms with Crippen molar-refractivity contribution in [2.45, 2.75) is 31.8 Å². The minimum Gasteiger partial charge on any atom is -0.393 e. The van der Waals surface area contributed by atoms with Gasteiger partial charge in [-0.25, -0.2) is 0 Å². The Labute approximate surface area is 131 Å². The van der Waals surface area contributed by atoms with Crippen LogP contribution in [0.5, 0.6) is 0 Å². The van der Waals surface area contributed by atoms with E-state index in [2.05, 4.69) is 15.5 Å². The molecule has 2 saturated heterocycles. The molecule has 5 heteroatoms. The number of nitrogens with zero attached hydrogens (tertiary/aromatic N) is 1. The summed E-state index contributed by atoms with van der Waals surface area (Å²) in [7, 11) is 0. The van der Waals surface area contributed by atoms with Gasteiger partial charge in [0.2, 0.25) is 5.91 Å². The smallest absolute Gasteiger partial charge is 0.228 e. The first-order valence-electron chi connectivity index (χ1n) is 8.27. The lowest BCUT2D eigenvalue weighted by molar-refractivity contribution is -0.120. The van der Waals surface area contributed by atoms with Crippen LogP contribution < -0.4 is 15.5 Å². The summed E-state index contributed by atoms with van der Waals surface area (Å²) >= 11 is 0. The molecule has 0 saturated carbocycles. The maximum absolute atomic E-state index is 12.4. The van der Waals surface area contributed by atoms with Crippen molar-refractivity contribution in [1.29, 1.82) is 0 Å². The lowest BCUT2D eigenvalue weighted by Crippen LogP contribution is -2.38. The van der Waals surface area contributed by atoms with Gasteiger partial charge >= 0.3 is 0 Å². The van der Waals surface area contributed by atoms with Crippen molar-refractivity contribution >= 4 is 17.3 Å². The van der Waals surface area contributed by atoms with Crippen molar-refractivity contribution in [3.05, 3.63) is 24.3 Å². The van der Waals surface area contributed by atoms with E-state index in [1.165, 1.54) is 0 Å². The number of benzene rings is 1. The van der Waals surface area contributed by atoms with E-state index in [1.54, 1.807) is 0 Å². The Morgan fingerprint density at radius 2 is 2.00 bits per heavy atom. The van der Waals surface area contributed by atoms with Crippen LogP contribution in [-0.2, 0) is 4.79 Å². The Hall–Kier alpha value is -1.59. The van der Waals surface area contributed by atoms with E-state index in [9.17, 15) is 9.90 Å². The molecule has 2 aliphatic heterocycles. The summed E-state index contributed by atoms with van der Waals surface area (Å²) in [5.41, 5.74) is 1.95. The standard InChI is InChI=1S/C17H25N3O2/c21-14-7-10-20(11-8-14)16-6-2-1-5-15(16)19-17(22)13-4-3-9-18-12-13/h1-2,5-6,13-14,18,21H,3-4,7-12H2,(H,19,22). The van der Waals surface area contributed by atoms with Gasteiger partial charge in [-0.3, -0.25) is 4.79 Å². The first-order valence-corrected chi connectivity index (χ1v) is 8.27. The summed E-state index contributed by atoms with van der Waals surface area (Å²) in [6, 6.07) is 7.97. The number of anilines is 2. The van der Waals surface area contributed by atoms with Gasteiger partial charge in [0.05, 0.1) is 23.4 Å². The lowest BCUT2D eigenvalue weighted by Gasteiger charge is -2.33. The number of piperidine rings is 2. The number of aliphatic hydroxyl groups is 1. The molecule has 120 valence electrons. The lowest BCUT2D eigenvalue weighted by atomic mass is 9.98.